The van der Waals surface area contributed by atoms with E-state index in [1.807, 2.05) is 31.2 Å². The SMILES string of the molecule is CCNC(=S)N(CCN(CC)CC)Cc1cc2ccc(OC)cc2[nH]c1=O. The van der Waals surface area contributed by atoms with Gasteiger partial charge in [-0.2, -0.15) is 0 Å². The standard InChI is InChI=1S/C20H30N4O2S/c1-5-21-20(27)24(11-10-23(6-2)7-3)14-16-12-15-8-9-17(26-4)13-18(15)22-19(16)25/h8-9,12-13H,5-7,10-11,14H2,1-4H3,(H,21,27)(H,22,25). The Labute approximate surface area is 166 Å². The Bertz CT molecular complexity index is 817. The second-order valence-electron chi connectivity index (χ2n) is 6.36. The van der Waals surface area contributed by atoms with E-state index in [2.05, 4.69) is 33.9 Å². The predicted octanol–water partition coefficient (Wildman–Crippen LogP) is 2.57. The molecule has 2 N–H and O–H groups in total. The van der Waals surface area contributed by atoms with Gasteiger partial charge in [-0.05, 0) is 55.8 Å². The van der Waals surface area contributed by atoms with E-state index in [1.54, 1.807) is 7.11 Å². The van der Waals surface area contributed by atoms with Crippen LogP contribution in [0.5, 0.6) is 5.75 Å². The van der Waals surface area contributed by atoms with E-state index in [1.165, 1.54) is 0 Å². The molecule has 2 aromatic rings. The minimum atomic E-state index is -0.0945. The van der Waals surface area contributed by atoms with E-state index >= 15 is 0 Å². The van der Waals surface area contributed by atoms with Gasteiger partial charge in [0.15, 0.2) is 5.11 Å². The van der Waals surface area contributed by atoms with Crippen LogP contribution in [0.3, 0.4) is 0 Å². The average molecular weight is 391 g/mol. The quantitative estimate of drug-likeness (QED) is 0.642. The van der Waals surface area contributed by atoms with Crippen LogP contribution >= 0.6 is 12.2 Å². The average Bonchev–Trinajstić information content (AvgIpc) is 2.67. The number of H-pyrrole nitrogens is 1. The number of rotatable bonds is 9. The predicted molar refractivity (Wildman–Crippen MR) is 116 cm³/mol. The largest absolute Gasteiger partial charge is 0.497 e. The van der Waals surface area contributed by atoms with Crippen LogP contribution in [0.15, 0.2) is 29.1 Å². The molecule has 0 aliphatic rings. The van der Waals surface area contributed by atoms with Gasteiger partial charge in [0.05, 0.1) is 19.2 Å². The van der Waals surface area contributed by atoms with E-state index < -0.39 is 0 Å². The van der Waals surface area contributed by atoms with E-state index in [4.69, 9.17) is 17.0 Å². The lowest BCUT2D eigenvalue weighted by atomic mass is 10.1. The van der Waals surface area contributed by atoms with Gasteiger partial charge in [-0.15, -0.1) is 0 Å². The molecule has 0 saturated carbocycles. The maximum atomic E-state index is 12.6. The molecule has 1 heterocycles. The third kappa shape index (κ3) is 5.68. The maximum Gasteiger partial charge on any atom is 0.253 e. The highest BCUT2D eigenvalue weighted by atomic mass is 32.1. The second kappa shape index (κ2) is 10.3. The number of nitrogens with zero attached hydrogens (tertiary/aromatic N) is 2. The zero-order valence-electron chi connectivity index (χ0n) is 16.7. The number of likely N-dealkylation sites (N-methyl/N-ethyl adjacent to an activating group) is 1. The number of pyridine rings is 1. The number of methoxy groups -OCH3 is 1. The van der Waals surface area contributed by atoms with Crippen LogP contribution in [0.25, 0.3) is 10.9 Å². The highest BCUT2D eigenvalue weighted by Crippen LogP contribution is 2.19. The maximum absolute atomic E-state index is 12.6. The van der Waals surface area contributed by atoms with Gasteiger partial charge in [-0.3, -0.25) is 4.79 Å². The lowest BCUT2D eigenvalue weighted by Gasteiger charge is -2.28. The number of ether oxygens (including phenoxy) is 1. The minimum absolute atomic E-state index is 0.0945. The van der Waals surface area contributed by atoms with Crippen LogP contribution in [0, 0.1) is 0 Å². The Morgan fingerprint density at radius 3 is 2.56 bits per heavy atom. The summed E-state index contributed by atoms with van der Waals surface area (Å²) in [5.74, 6) is 0.722. The van der Waals surface area contributed by atoms with Crippen molar-refractivity contribution in [1.82, 2.24) is 20.1 Å². The van der Waals surface area contributed by atoms with Gasteiger partial charge in [0, 0.05) is 31.3 Å². The summed E-state index contributed by atoms with van der Waals surface area (Å²) in [5.41, 5.74) is 1.38. The molecule has 0 spiro atoms. The van der Waals surface area contributed by atoms with Crippen molar-refractivity contribution in [2.24, 2.45) is 0 Å². The summed E-state index contributed by atoms with van der Waals surface area (Å²) < 4.78 is 5.23. The summed E-state index contributed by atoms with van der Waals surface area (Å²) in [4.78, 5) is 20.0. The molecule has 148 valence electrons. The summed E-state index contributed by atoms with van der Waals surface area (Å²) in [6, 6.07) is 7.62. The van der Waals surface area contributed by atoms with E-state index in [-0.39, 0.29) is 5.56 Å². The molecule has 7 heteroatoms. The summed E-state index contributed by atoms with van der Waals surface area (Å²) in [6.45, 7) is 11.2. The molecule has 0 saturated heterocycles. The van der Waals surface area contributed by atoms with Crippen LogP contribution < -0.4 is 15.6 Å². The van der Waals surface area contributed by atoms with E-state index in [0.29, 0.717) is 17.2 Å². The Kier molecular flexibility index (Phi) is 8.06. The molecular weight excluding hydrogens is 360 g/mol. The summed E-state index contributed by atoms with van der Waals surface area (Å²) in [5, 5.41) is 4.86. The number of aromatic amines is 1. The number of aromatic nitrogens is 1. The van der Waals surface area contributed by atoms with Crippen LogP contribution in [0.2, 0.25) is 0 Å². The highest BCUT2D eigenvalue weighted by Gasteiger charge is 2.14. The Hall–Kier alpha value is -2.12. The first kappa shape index (κ1) is 21.2. The molecule has 0 unspecified atom stereocenters. The first-order valence-electron chi connectivity index (χ1n) is 9.47. The molecule has 0 radical (unpaired) electrons. The van der Waals surface area contributed by atoms with Gasteiger partial charge in [-0.1, -0.05) is 13.8 Å². The van der Waals surface area contributed by atoms with Crippen molar-refractivity contribution < 1.29 is 4.74 Å². The number of hydrogen-bond acceptors (Lipinski definition) is 4. The number of fused-ring (bicyclic) bond motifs is 1. The van der Waals surface area contributed by atoms with Crippen LogP contribution in [0.4, 0.5) is 0 Å². The highest BCUT2D eigenvalue weighted by molar-refractivity contribution is 7.80. The fourth-order valence-electron chi connectivity index (χ4n) is 2.99. The summed E-state index contributed by atoms with van der Waals surface area (Å²) in [7, 11) is 1.61. The molecule has 0 aliphatic carbocycles. The molecule has 0 aliphatic heterocycles. The fourth-order valence-corrected chi connectivity index (χ4v) is 3.29. The molecule has 0 bridgehead atoms. The van der Waals surface area contributed by atoms with Gasteiger partial charge >= 0.3 is 0 Å². The number of nitrogens with one attached hydrogen (secondary N) is 2. The van der Waals surface area contributed by atoms with Crippen molar-refractivity contribution in [1.29, 1.82) is 0 Å². The van der Waals surface area contributed by atoms with Gasteiger partial charge in [0.2, 0.25) is 0 Å². The number of thiocarbonyl (C=S) groups is 1. The molecule has 6 nitrogen and oxygen atoms in total. The van der Waals surface area contributed by atoms with Crippen LogP contribution in [-0.2, 0) is 6.54 Å². The third-order valence-corrected chi connectivity index (χ3v) is 5.09. The monoisotopic (exact) mass is 390 g/mol. The molecule has 1 aromatic heterocycles. The van der Waals surface area contributed by atoms with E-state index in [9.17, 15) is 4.79 Å². The Balaban J connectivity index is 2.25. The van der Waals surface area contributed by atoms with Crippen LogP contribution in [-0.4, -0.2) is 59.7 Å². The van der Waals surface area contributed by atoms with Crippen LogP contribution in [0.1, 0.15) is 26.3 Å². The van der Waals surface area contributed by atoms with Crippen molar-refractivity contribution >= 4 is 28.2 Å². The Morgan fingerprint density at radius 1 is 1.19 bits per heavy atom. The zero-order chi connectivity index (χ0) is 19.8. The Morgan fingerprint density at radius 2 is 1.93 bits per heavy atom. The summed E-state index contributed by atoms with van der Waals surface area (Å²) >= 11 is 5.54. The second-order valence-corrected chi connectivity index (χ2v) is 6.75. The first-order chi connectivity index (χ1) is 13.0. The topological polar surface area (TPSA) is 60.6 Å². The molecule has 2 rings (SSSR count). The minimum Gasteiger partial charge on any atom is -0.497 e. The normalized spacial score (nSPS) is 11.0. The lowest BCUT2D eigenvalue weighted by molar-refractivity contribution is 0.263. The molecule has 0 atom stereocenters. The lowest BCUT2D eigenvalue weighted by Crippen LogP contribution is -2.44. The molecule has 0 fully saturated rings. The van der Waals surface area contributed by atoms with Crippen molar-refractivity contribution in [3.05, 3.63) is 40.2 Å². The number of hydrogen-bond donors (Lipinski definition) is 2. The molecule has 27 heavy (non-hydrogen) atoms. The van der Waals surface area contributed by atoms with Crippen molar-refractivity contribution in [3.8, 4) is 5.75 Å². The summed E-state index contributed by atoms with van der Waals surface area (Å²) in [6.07, 6.45) is 0. The van der Waals surface area contributed by atoms with Crippen molar-refractivity contribution in [2.75, 3.05) is 39.8 Å². The number of benzene rings is 1. The molecule has 0 amide bonds. The zero-order valence-corrected chi connectivity index (χ0v) is 17.5. The van der Waals surface area contributed by atoms with Crippen molar-refractivity contribution in [2.45, 2.75) is 27.3 Å². The molecule has 1 aromatic carbocycles. The third-order valence-electron chi connectivity index (χ3n) is 4.69. The molecular formula is C20H30N4O2S. The fraction of sp³-hybridized carbons (Fsp3) is 0.500. The van der Waals surface area contributed by atoms with Gasteiger partial charge in [0.25, 0.3) is 5.56 Å². The van der Waals surface area contributed by atoms with Gasteiger partial charge in [-0.25, -0.2) is 0 Å². The van der Waals surface area contributed by atoms with Crippen molar-refractivity contribution in [3.63, 3.8) is 0 Å². The van der Waals surface area contributed by atoms with E-state index in [0.717, 1.165) is 49.4 Å². The van der Waals surface area contributed by atoms with Gasteiger partial charge < -0.3 is 24.8 Å². The van der Waals surface area contributed by atoms with Gasteiger partial charge in [0.1, 0.15) is 5.75 Å². The first-order valence-corrected chi connectivity index (χ1v) is 9.88. The smallest absolute Gasteiger partial charge is 0.253 e.